The minimum absolute atomic E-state index is 0. The van der Waals surface area contributed by atoms with Gasteiger partial charge >= 0.3 is 29.6 Å². The van der Waals surface area contributed by atoms with E-state index in [0.717, 1.165) is 6.08 Å². The van der Waals surface area contributed by atoms with Gasteiger partial charge in [0.05, 0.1) is 12.0 Å². The fourth-order valence-corrected chi connectivity index (χ4v) is 1.17. The Bertz CT molecular complexity index is 278. The third kappa shape index (κ3) is 10.0. The Morgan fingerprint density at radius 1 is 1.62 bits per heavy atom. The summed E-state index contributed by atoms with van der Waals surface area (Å²) in [6.45, 7) is 1.87. The Morgan fingerprint density at radius 2 is 2.15 bits per heavy atom. The minimum Gasteiger partial charge on any atom is -1.00 e. The number of primary amides is 1. The number of carbonyl (C=O) groups excluding carboxylic acids is 1. The van der Waals surface area contributed by atoms with Crippen molar-refractivity contribution in [1.82, 2.24) is 0 Å². The Hall–Kier alpha value is 0.120. The molecule has 1 amide bonds. The number of hydrogen-bond donors (Lipinski definition) is 1. The van der Waals surface area contributed by atoms with Crippen molar-refractivity contribution in [2.45, 2.75) is 13.3 Å². The maximum absolute atomic E-state index is 10.8. The van der Waals surface area contributed by atoms with E-state index in [0.29, 0.717) is 11.8 Å². The SMILES string of the molecule is CCCOS(=O)(=O)C=CC(N)=O.[H-].[Na+]. The van der Waals surface area contributed by atoms with Gasteiger partial charge in [0.15, 0.2) is 0 Å². The van der Waals surface area contributed by atoms with Gasteiger partial charge in [-0.15, -0.1) is 0 Å². The molecular weight excluding hydrogens is 205 g/mol. The van der Waals surface area contributed by atoms with Crippen molar-refractivity contribution in [3.63, 3.8) is 0 Å². The monoisotopic (exact) mass is 217 g/mol. The van der Waals surface area contributed by atoms with Gasteiger partial charge in [-0.25, -0.2) is 0 Å². The van der Waals surface area contributed by atoms with Crippen LogP contribution in [-0.2, 0) is 19.1 Å². The smallest absolute Gasteiger partial charge is 1.00 e. The van der Waals surface area contributed by atoms with Crippen molar-refractivity contribution in [3.05, 3.63) is 11.5 Å². The van der Waals surface area contributed by atoms with E-state index in [9.17, 15) is 13.2 Å². The van der Waals surface area contributed by atoms with E-state index >= 15 is 0 Å². The topological polar surface area (TPSA) is 86.5 Å². The molecule has 0 unspecified atom stereocenters. The van der Waals surface area contributed by atoms with Crippen LogP contribution in [0.5, 0.6) is 0 Å². The Morgan fingerprint density at radius 3 is 2.54 bits per heavy atom. The summed E-state index contributed by atoms with van der Waals surface area (Å²) in [6, 6.07) is 0. The number of rotatable bonds is 5. The molecule has 2 N–H and O–H groups in total. The Kier molecular flexibility index (Phi) is 9.01. The summed E-state index contributed by atoms with van der Waals surface area (Å²) in [7, 11) is -3.72. The number of nitrogens with two attached hydrogens (primary N) is 1. The zero-order chi connectivity index (χ0) is 9.61. The predicted octanol–water partition coefficient (Wildman–Crippen LogP) is -3.14. The number of hydrogen-bond acceptors (Lipinski definition) is 4. The maximum Gasteiger partial charge on any atom is 1.00 e. The van der Waals surface area contributed by atoms with Gasteiger partial charge in [-0.1, -0.05) is 6.92 Å². The first-order valence-electron chi connectivity index (χ1n) is 3.35. The summed E-state index contributed by atoms with van der Waals surface area (Å²) in [5.74, 6) is -0.821. The molecule has 0 saturated heterocycles. The van der Waals surface area contributed by atoms with Crippen molar-refractivity contribution in [1.29, 1.82) is 0 Å². The fourth-order valence-electron chi connectivity index (χ4n) is 0.389. The molecule has 0 rings (SSSR count). The molecule has 0 aromatic carbocycles. The standard InChI is InChI=1S/C6H11NO4S.Na.H/c1-2-4-11-12(9,10)5-3-6(7)8;;/h3,5H,2,4H2,1H3,(H2,7,8);;/q;+1;-1. The van der Waals surface area contributed by atoms with E-state index in [-0.39, 0.29) is 37.6 Å². The van der Waals surface area contributed by atoms with E-state index in [1.54, 1.807) is 6.92 Å². The Balaban J connectivity index is -0.000000605. The number of amides is 1. The van der Waals surface area contributed by atoms with Crippen molar-refractivity contribution < 1.29 is 48.4 Å². The molecule has 0 radical (unpaired) electrons. The first-order valence-corrected chi connectivity index (χ1v) is 4.82. The van der Waals surface area contributed by atoms with Gasteiger partial charge < -0.3 is 7.16 Å². The van der Waals surface area contributed by atoms with Gasteiger partial charge in [0, 0.05) is 6.08 Å². The quantitative estimate of drug-likeness (QED) is 0.299. The largest absolute Gasteiger partial charge is 1.00 e. The summed E-state index contributed by atoms with van der Waals surface area (Å²) in [4.78, 5) is 10.1. The van der Waals surface area contributed by atoms with Gasteiger partial charge in [-0.2, -0.15) is 8.42 Å². The normalized spacial score (nSPS) is 11.2. The molecular formula is C6H12NNaO4S. The summed E-state index contributed by atoms with van der Waals surface area (Å²) in [5.41, 5.74) is 4.68. The van der Waals surface area contributed by atoms with Crippen LogP contribution < -0.4 is 35.3 Å². The van der Waals surface area contributed by atoms with E-state index in [1.807, 2.05) is 0 Å². The molecule has 0 fully saturated rings. The molecule has 5 nitrogen and oxygen atoms in total. The molecule has 13 heavy (non-hydrogen) atoms. The van der Waals surface area contributed by atoms with Crippen LogP contribution in [0.25, 0.3) is 0 Å². The maximum atomic E-state index is 10.8. The van der Waals surface area contributed by atoms with Crippen LogP contribution in [0.1, 0.15) is 14.8 Å². The van der Waals surface area contributed by atoms with Crippen molar-refractivity contribution >= 4 is 16.0 Å². The van der Waals surface area contributed by atoms with Crippen LogP contribution >= 0.6 is 0 Å². The first-order chi connectivity index (χ1) is 5.48. The molecule has 0 aliphatic heterocycles. The summed E-state index contributed by atoms with van der Waals surface area (Å²) < 4.78 is 26.0. The Labute approximate surface area is 101 Å². The molecule has 0 aliphatic rings. The van der Waals surface area contributed by atoms with Crippen LogP contribution in [0.3, 0.4) is 0 Å². The van der Waals surface area contributed by atoms with Crippen LogP contribution in [0, 0.1) is 0 Å². The van der Waals surface area contributed by atoms with E-state index in [1.165, 1.54) is 0 Å². The molecule has 0 bridgehead atoms. The molecule has 0 aromatic heterocycles. The minimum atomic E-state index is -3.72. The van der Waals surface area contributed by atoms with Crippen molar-refractivity contribution in [3.8, 4) is 0 Å². The second-order valence-electron chi connectivity index (χ2n) is 2.02. The van der Waals surface area contributed by atoms with Gasteiger partial charge in [0.2, 0.25) is 5.91 Å². The zero-order valence-electron chi connectivity index (χ0n) is 8.69. The van der Waals surface area contributed by atoms with E-state index in [4.69, 9.17) is 0 Å². The summed E-state index contributed by atoms with van der Waals surface area (Å²) in [6.07, 6.45) is 1.33. The van der Waals surface area contributed by atoms with E-state index in [2.05, 4.69) is 9.92 Å². The summed E-state index contributed by atoms with van der Waals surface area (Å²) in [5, 5.41) is 0.644. The molecule has 7 heteroatoms. The molecule has 0 atom stereocenters. The van der Waals surface area contributed by atoms with Crippen molar-refractivity contribution in [2.75, 3.05) is 6.61 Å². The molecule has 0 aromatic rings. The van der Waals surface area contributed by atoms with Crippen LogP contribution in [0.2, 0.25) is 0 Å². The van der Waals surface area contributed by atoms with Crippen molar-refractivity contribution in [2.24, 2.45) is 5.73 Å². The van der Waals surface area contributed by atoms with Crippen LogP contribution in [0.15, 0.2) is 11.5 Å². The molecule has 0 aliphatic carbocycles. The summed E-state index contributed by atoms with van der Waals surface area (Å²) >= 11 is 0. The molecule has 0 spiro atoms. The third-order valence-electron chi connectivity index (χ3n) is 0.851. The zero-order valence-corrected chi connectivity index (χ0v) is 10.5. The second kappa shape index (κ2) is 7.52. The van der Waals surface area contributed by atoms with Crippen LogP contribution in [0.4, 0.5) is 0 Å². The van der Waals surface area contributed by atoms with Crippen LogP contribution in [-0.4, -0.2) is 20.9 Å². The average Bonchev–Trinajstić information content (AvgIpc) is 1.98. The van der Waals surface area contributed by atoms with Gasteiger partial charge in [0.1, 0.15) is 0 Å². The average molecular weight is 217 g/mol. The van der Waals surface area contributed by atoms with Gasteiger partial charge in [0.25, 0.3) is 10.1 Å². The second-order valence-corrected chi connectivity index (χ2v) is 3.51. The van der Waals surface area contributed by atoms with Gasteiger partial charge in [-0.05, 0) is 6.42 Å². The predicted molar refractivity (Wildman–Crippen MR) is 44.6 cm³/mol. The third-order valence-corrected chi connectivity index (χ3v) is 1.82. The fraction of sp³-hybridized carbons (Fsp3) is 0.500. The first kappa shape index (κ1) is 15.6. The molecule has 0 heterocycles. The molecule has 72 valence electrons. The van der Waals surface area contributed by atoms with Gasteiger partial charge in [-0.3, -0.25) is 8.98 Å². The number of carbonyl (C=O) groups is 1. The van der Waals surface area contributed by atoms with E-state index < -0.39 is 16.0 Å². The molecule has 0 saturated carbocycles.